The summed E-state index contributed by atoms with van der Waals surface area (Å²) in [6, 6.07) is 4.35. The van der Waals surface area contributed by atoms with E-state index >= 15 is 0 Å². The van der Waals surface area contributed by atoms with Crippen molar-refractivity contribution in [3.8, 4) is 0 Å². The number of amides is 2. The summed E-state index contributed by atoms with van der Waals surface area (Å²) < 4.78 is 120. The van der Waals surface area contributed by atoms with Crippen LogP contribution in [-0.2, 0) is 11.0 Å². The van der Waals surface area contributed by atoms with E-state index in [2.05, 4.69) is 37.2 Å². The van der Waals surface area contributed by atoms with E-state index in [1.165, 1.54) is 0 Å². The zero-order chi connectivity index (χ0) is 30.3. The van der Waals surface area contributed by atoms with Gasteiger partial charge in [-0.2, -0.15) is 39.5 Å². The fraction of sp³-hybridized carbons (Fsp3) is 0.333. The van der Waals surface area contributed by atoms with Crippen LogP contribution in [0.5, 0.6) is 0 Å². The molecule has 40 heavy (non-hydrogen) atoms. The molecule has 1 saturated carbocycles. The topological polar surface area (TPSA) is 58.2 Å². The van der Waals surface area contributed by atoms with Crippen molar-refractivity contribution in [2.75, 3.05) is 6.54 Å². The SMILES string of the molecule is O=C(NC1(C(=O)NCC(F)(F)F)CC1)c1ccc(C=CC(c2cc(Br)c(Cl)c(Br)c2)C(F)(F)F)cc1C(F)(F)F. The van der Waals surface area contributed by atoms with Gasteiger partial charge in [-0.3, -0.25) is 9.59 Å². The maximum atomic E-state index is 13.8. The highest BCUT2D eigenvalue weighted by molar-refractivity contribution is 9.11. The van der Waals surface area contributed by atoms with E-state index in [9.17, 15) is 49.1 Å². The van der Waals surface area contributed by atoms with Crippen LogP contribution in [0.3, 0.4) is 0 Å². The normalized spacial score (nSPS) is 16.1. The Balaban J connectivity index is 1.90. The molecule has 2 N–H and O–H groups in total. The van der Waals surface area contributed by atoms with Crippen LogP contribution in [0.15, 0.2) is 45.4 Å². The highest BCUT2D eigenvalue weighted by Crippen LogP contribution is 2.42. The van der Waals surface area contributed by atoms with Crippen molar-refractivity contribution < 1.29 is 49.1 Å². The van der Waals surface area contributed by atoms with Gasteiger partial charge in [0.25, 0.3) is 5.91 Å². The van der Waals surface area contributed by atoms with Gasteiger partial charge in [0.1, 0.15) is 12.1 Å². The second-order valence-electron chi connectivity index (χ2n) is 8.81. The number of alkyl halides is 9. The minimum Gasteiger partial charge on any atom is -0.345 e. The minimum absolute atomic E-state index is 0.0969. The average molecular weight is 731 g/mol. The lowest BCUT2D eigenvalue weighted by Crippen LogP contribution is -2.51. The Bertz CT molecular complexity index is 1310. The van der Waals surface area contributed by atoms with Crippen molar-refractivity contribution >= 4 is 61.4 Å². The van der Waals surface area contributed by atoms with Crippen LogP contribution in [0, 0.1) is 0 Å². The fourth-order valence-electron chi connectivity index (χ4n) is 3.64. The van der Waals surface area contributed by atoms with Gasteiger partial charge in [0.05, 0.1) is 22.1 Å². The molecule has 4 nitrogen and oxygen atoms in total. The van der Waals surface area contributed by atoms with E-state index in [0.29, 0.717) is 18.2 Å². The Morgan fingerprint density at radius 2 is 1.55 bits per heavy atom. The number of nitrogens with one attached hydrogen (secondary N) is 2. The molecule has 0 aliphatic heterocycles. The predicted molar refractivity (Wildman–Crippen MR) is 135 cm³/mol. The van der Waals surface area contributed by atoms with Crippen molar-refractivity contribution in [2.45, 2.75) is 42.8 Å². The van der Waals surface area contributed by atoms with Crippen LogP contribution in [0.1, 0.15) is 45.8 Å². The van der Waals surface area contributed by atoms with Crippen LogP contribution in [-0.4, -0.2) is 36.3 Å². The molecule has 0 aromatic heterocycles. The van der Waals surface area contributed by atoms with Gasteiger partial charge in [-0.15, -0.1) is 0 Å². The Hall–Kier alpha value is -2.26. The van der Waals surface area contributed by atoms with Crippen molar-refractivity contribution in [3.63, 3.8) is 0 Å². The summed E-state index contributed by atoms with van der Waals surface area (Å²) in [6.45, 7) is -1.69. The predicted octanol–water partition coefficient (Wildman–Crippen LogP) is 8.18. The molecule has 0 radical (unpaired) electrons. The molecule has 0 saturated heterocycles. The molecule has 2 aromatic carbocycles. The van der Waals surface area contributed by atoms with Crippen LogP contribution >= 0.6 is 43.5 Å². The molecule has 1 aliphatic rings. The maximum Gasteiger partial charge on any atom is 0.417 e. The number of carbonyl (C=O) groups excluding carboxylic acids is 2. The van der Waals surface area contributed by atoms with Gasteiger partial charge in [-0.1, -0.05) is 29.8 Å². The summed E-state index contributed by atoms with van der Waals surface area (Å²) in [4.78, 5) is 24.8. The van der Waals surface area contributed by atoms with Crippen LogP contribution in [0.2, 0.25) is 5.02 Å². The first kappa shape index (κ1) is 32.3. The first-order valence-electron chi connectivity index (χ1n) is 11.0. The van der Waals surface area contributed by atoms with Gasteiger partial charge in [0.15, 0.2) is 0 Å². The molecule has 1 atom stereocenters. The monoisotopic (exact) mass is 728 g/mol. The molecule has 218 valence electrons. The van der Waals surface area contributed by atoms with Gasteiger partial charge in [0.2, 0.25) is 5.91 Å². The van der Waals surface area contributed by atoms with Gasteiger partial charge in [-0.05, 0) is 80.1 Å². The standard InChI is InChI=1S/C24H16Br2ClF9N2O2/c25-16-8-12(9-17(26)18(16)27)14(23(31,32)33)4-2-11-1-3-13(15(7-11)24(34,35)36)19(39)38-21(5-6-21)20(40)37-10-22(28,29)30/h1-4,7-9,14H,5-6,10H2,(H,37,40)(H,38,39). The third-order valence-electron chi connectivity index (χ3n) is 5.78. The molecule has 1 fully saturated rings. The second-order valence-corrected chi connectivity index (χ2v) is 10.9. The zero-order valence-corrected chi connectivity index (χ0v) is 23.5. The summed E-state index contributed by atoms with van der Waals surface area (Å²) in [5, 5.41) is 3.75. The van der Waals surface area contributed by atoms with E-state index in [-0.39, 0.29) is 37.9 Å². The van der Waals surface area contributed by atoms with E-state index in [1.54, 1.807) is 5.32 Å². The molecule has 16 heteroatoms. The summed E-state index contributed by atoms with van der Waals surface area (Å²) in [5.74, 6) is -4.82. The number of hydrogen-bond donors (Lipinski definition) is 2. The van der Waals surface area contributed by atoms with Gasteiger partial charge < -0.3 is 10.6 Å². The lowest BCUT2D eigenvalue weighted by atomic mass is 9.96. The molecule has 3 rings (SSSR count). The van der Waals surface area contributed by atoms with Crippen molar-refractivity contribution in [3.05, 3.63) is 72.6 Å². The largest absolute Gasteiger partial charge is 0.417 e. The minimum atomic E-state index is -5.14. The fourth-order valence-corrected chi connectivity index (χ4v) is 4.97. The highest BCUT2D eigenvalue weighted by atomic mass is 79.9. The lowest BCUT2D eigenvalue weighted by molar-refractivity contribution is -0.140. The molecule has 2 aromatic rings. The number of carbonyl (C=O) groups is 2. The second kappa shape index (κ2) is 11.6. The number of halogens is 12. The van der Waals surface area contributed by atoms with Gasteiger partial charge in [-0.25, -0.2) is 0 Å². The number of hydrogen-bond acceptors (Lipinski definition) is 2. The molecule has 0 spiro atoms. The highest BCUT2D eigenvalue weighted by Gasteiger charge is 2.52. The molecule has 0 heterocycles. The third-order valence-corrected chi connectivity index (χ3v) is 7.89. The van der Waals surface area contributed by atoms with Gasteiger partial charge in [0, 0.05) is 8.95 Å². The Labute approximate surface area is 242 Å². The summed E-state index contributed by atoms with van der Waals surface area (Å²) in [6.07, 6.45) is -13.5. The third kappa shape index (κ3) is 7.93. The first-order chi connectivity index (χ1) is 18.2. The van der Waals surface area contributed by atoms with Crippen molar-refractivity contribution in [2.24, 2.45) is 0 Å². The molecule has 1 unspecified atom stereocenters. The van der Waals surface area contributed by atoms with Gasteiger partial charge >= 0.3 is 18.5 Å². The molecular formula is C24H16Br2ClF9N2O2. The quantitative estimate of drug-likeness (QED) is 0.223. The van der Waals surface area contributed by atoms with Crippen LogP contribution in [0.4, 0.5) is 39.5 Å². The van der Waals surface area contributed by atoms with E-state index in [4.69, 9.17) is 11.6 Å². The molecule has 0 bridgehead atoms. The van der Waals surface area contributed by atoms with Crippen molar-refractivity contribution in [1.82, 2.24) is 10.6 Å². The Morgan fingerprint density at radius 3 is 2.02 bits per heavy atom. The number of allylic oxidation sites excluding steroid dienone is 1. The van der Waals surface area contributed by atoms with E-state index in [0.717, 1.165) is 24.3 Å². The first-order valence-corrected chi connectivity index (χ1v) is 13.0. The number of rotatable bonds is 7. The molecular weight excluding hydrogens is 715 g/mol. The molecule has 1 aliphatic carbocycles. The van der Waals surface area contributed by atoms with Crippen LogP contribution in [0.25, 0.3) is 6.08 Å². The van der Waals surface area contributed by atoms with Crippen LogP contribution < -0.4 is 10.6 Å². The lowest BCUT2D eigenvalue weighted by Gasteiger charge is -2.20. The average Bonchev–Trinajstić information content (AvgIpc) is 3.59. The Kier molecular flexibility index (Phi) is 9.32. The summed E-state index contributed by atoms with van der Waals surface area (Å²) in [5.41, 5.74) is -4.87. The van der Waals surface area contributed by atoms with Crippen molar-refractivity contribution in [1.29, 1.82) is 0 Å². The smallest absolute Gasteiger partial charge is 0.345 e. The summed E-state index contributed by atoms with van der Waals surface area (Å²) in [7, 11) is 0. The zero-order valence-electron chi connectivity index (χ0n) is 19.6. The number of benzene rings is 2. The van der Waals surface area contributed by atoms with E-state index < -0.39 is 59.5 Å². The maximum absolute atomic E-state index is 13.8. The van der Waals surface area contributed by atoms with E-state index in [1.807, 2.05) is 0 Å². The Morgan fingerprint density at radius 1 is 0.975 bits per heavy atom. The summed E-state index contributed by atoms with van der Waals surface area (Å²) >= 11 is 12.0. The molecule has 2 amide bonds.